The van der Waals surface area contributed by atoms with Crippen molar-refractivity contribution < 1.29 is 24.2 Å². The molecule has 3 heterocycles. The molecule has 2 fully saturated rings. The van der Waals surface area contributed by atoms with Crippen LogP contribution in [0.2, 0.25) is 5.02 Å². The highest BCUT2D eigenvalue weighted by Gasteiger charge is 2.62. The van der Waals surface area contributed by atoms with Crippen molar-refractivity contribution in [2.45, 2.75) is 43.2 Å². The third-order valence-electron chi connectivity index (χ3n) is 8.85. The zero-order chi connectivity index (χ0) is 29.6. The predicted octanol–water partition coefficient (Wildman–Crippen LogP) is 5.64. The second-order valence-corrected chi connectivity index (χ2v) is 13.5. The van der Waals surface area contributed by atoms with Crippen molar-refractivity contribution in [3.05, 3.63) is 79.4 Å². The number of halogens is 3. The van der Waals surface area contributed by atoms with Crippen molar-refractivity contribution in [2.75, 3.05) is 25.0 Å². The molecule has 6 rings (SSSR count). The maximum Gasteiger partial charge on any atom is 0.317 e. The number of likely N-dealkylation sites (tertiary alicyclic amines) is 1. The number of carbonyl (C=O) groups is 3. The Labute approximate surface area is 267 Å². The lowest BCUT2D eigenvalue weighted by Crippen LogP contribution is -2.59. The number of benzene rings is 2. The Morgan fingerprint density at radius 3 is 2.64 bits per heavy atom. The zero-order valence-corrected chi connectivity index (χ0v) is 26.3. The predicted molar refractivity (Wildman–Crippen MR) is 169 cm³/mol. The van der Waals surface area contributed by atoms with Gasteiger partial charge >= 0.3 is 5.97 Å². The fourth-order valence-corrected chi connectivity index (χ4v) is 7.99. The number of hydrogen-bond donors (Lipinski definition) is 3. The number of anilines is 1. The van der Waals surface area contributed by atoms with Gasteiger partial charge in [-0.3, -0.25) is 19.3 Å². The van der Waals surface area contributed by atoms with E-state index in [1.165, 1.54) is 0 Å². The quantitative estimate of drug-likeness (QED) is 0.334. The molecular weight excluding hydrogens is 692 g/mol. The molecule has 2 aromatic rings. The number of carboxylic acid groups (broad SMARTS) is 1. The summed E-state index contributed by atoms with van der Waals surface area (Å²) < 4.78 is 7.54. The van der Waals surface area contributed by atoms with Crippen LogP contribution >= 0.6 is 45.8 Å². The number of rotatable bonds is 6. The van der Waals surface area contributed by atoms with Crippen molar-refractivity contribution in [2.24, 2.45) is 11.8 Å². The number of hydrogen-bond acceptors (Lipinski definition) is 5. The smallest absolute Gasteiger partial charge is 0.317 e. The summed E-state index contributed by atoms with van der Waals surface area (Å²) >= 11 is 15.1. The highest BCUT2D eigenvalue weighted by Crippen LogP contribution is 2.58. The summed E-state index contributed by atoms with van der Waals surface area (Å²) in [5, 5.41) is 16.7. The van der Waals surface area contributed by atoms with E-state index in [2.05, 4.69) is 33.2 Å². The van der Waals surface area contributed by atoms with Crippen molar-refractivity contribution >= 4 is 69.3 Å². The van der Waals surface area contributed by atoms with Crippen LogP contribution in [0.15, 0.2) is 59.7 Å². The first-order valence-corrected chi connectivity index (χ1v) is 15.8. The van der Waals surface area contributed by atoms with Gasteiger partial charge in [0.25, 0.3) is 0 Å². The minimum absolute atomic E-state index is 0.00682. The van der Waals surface area contributed by atoms with Crippen LogP contribution in [0, 0.1) is 15.4 Å². The molecule has 4 aliphatic rings. The largest absolute Gasteiger partial charge is 0.490 e. The molecule has 3 N–H and O–H groups in total. The second-order valence-electron chi connectivity index (χ2n) is 11.4. The number of fused-ring (bicyclic) bond motifs is 2. The summed E-state index contributed by atoms with van der Waals surface area (Å²) in [7, 11) is 0. The second kappa shape index (κ2) is 11.8. The number of carboxylic acids is 1. The van der Waals surface area contributed by atoms with E-state index >= 15 is 0 Å². The summed E-state index contributed by atoms with van der Waals surface area (Å²) in [5.41, 5.74) is 1.01. The Morgan fingerprint density at radius 2 is 1.90 bits per heavy atom. The van der Waals surface area contributed by atoms with E-state index in [1.807, 2.05) is 47.4 Å². The summed E-state index contributed by atoms with van der Waals surface area (Å²) in [5.74, 6) is -1.11. The van der Waals surface area contributed by atoms with Gasteiger partial charge in [-0.2, -0.15) is 0 Å². The van der Waals surface area contributed by atoms with Crippen LogP contribution in [0.3, 0.4) is 0 Å². The molecule has 1 spiro atoms. The van der Waals surface area contributed by atoms with E-state index in [0.717, 1.165) is 14.7 Å². The molecule has 220 valence electrons. The minimum Gasteiger partial charge on any atom is -0.490 e. The highest BCUT2D eigenvalue weighted by atomic mass is 127. The van der Waals surface area contributed by atoms with Gasteiger partial charge in [-0.1, -0.05) is 41.4 Å². The molecule has 2 amide bonds. The highest BCUT2D eigenvalue weighted by molar-refractivity contribution is 14.1. The normalized spacial score (nSPS) is 27.8. The monoisotopic (exact) mass is 721 g/mol. The molecule has 42 heavy (non-hydrogen) atoms. The van der Waals surface area contributed by atoms with E-state index in [0.29, 0.717) is 53.8 Å². The van der Waals surface area contributed by atoms with Crippen molar-refractivity contribution in [3.63, 3.8) is 0 Å². The van der Waals surface area contributed by atoms with Crippen LogP contribution in [0.5, 0.6) is 5.75 Å². The third kappa shape index (κ3) is 5.44. The van der Waals surface area contributed by atoms with Crippen LogP contribution in [-0.2, 0) is 19.8 Å². The maximum absolute atomic E-state index is 14.4. The number of piperidine rings is 2. The van der Waals surface area contributed by atoms with E-state index in [-0.39, 0.29) is 42.7 Å². The van der Waals surface area contributed by atoms with Gasteiger partial charge in [0.15, 0.2) is 0 Å². The first-order chi connectivity index (χ1) is 20.1. The molecule has 0 radical (unpaired) electrons. The average Bonchev–Trinajstić information content (AvgIpc) is 3.22. The lowest BCUT2D eigenvalue weighted by molar-refractivity contribution is -0.139. The SMILES string of the molecule is O=C(O)CN1CCC(Oc2ccc(I)cc2C2NC(=O)C[C@@H](C3C=CC=C(Cl)C3)[C@]23C(=O)Nc2cc(Cl)ccc23)CC1. The summed E-state index contributed by atoms with van der Waals surface area (Å²) in [4.78, 5) is 40.9. The van der Waals surface area contributed by atoms with Gasteiger partial charge in [-0.25, -0.2) is 0 Å². The molecular formula is C31H30Cl2IN3O5. The van der Waals surface area contributed by atoms with Crippen LogP contribution in [-0.4, -0.2) is 53.5 Å². The molecule has 8 nitrogen and oxygen atoms in total. The molecule has 11 heteroatoms. The molecule has 3 aliphatic heterocycles. The number of aliphatic carboxylic acids is 1. The number of allylic oxidation sites excluding steroid dienone is 4. The molecule has 0 saturated carbocycles. The van der Waals surface area contributed by atoms with Gasteiger partial charge in [0, 0.05) is 44.4 Å². The summed E-state index contributed by atoms with van der Waals surface area (Å²) in [6.45, 7) is 1.23. The Balaban J connectivity index is 1.44. The molecule has 4 atom stereocenters. The van der Waals surface area contributed by atoms with Gasteiger partial charge in [0.05, 0.1) is 12.6 Å². The van der Waals surface area contributed by atoms with Crippen molar-refractivity contribution in [1.82, 2.24) is 10.2 Å². The Bertz CT molecular complexity index is 1510. The molecule has 0 aromatic heterocycles. The van der Waals surface area contributed by atoms with Gasteiger partial charge < -0.3 is 20.5 Å². The van der Waals surface area contributed by atoms with Gasteiger partial charge in [0.2, 0.25) is 11.8 Å². The number of ether oxygens (including phenoxy) is 1. The minimum atomic E-state index is -1.15. The molecule has 2 saturated heterocycles. The maximum atomic E-state index is 14.4. The number of amides is 2. The van der Waals surface area contributed by atoms with Crippen LogP contribution < -0.4 is 15.4 Å². The standard InChI is InChI=1S/C31H30Cl2IN3O5/c32-18-3-1-2-17(12-18)24-15-27(38)36-29(31(24)23-6-4-19(33)13-25(23)35-30(31)41)22-14-20(34)5-7-26(22)42-21-8-10-37(11-9-21)16-28(39)40/h1-7,13-14,17,21,24,29H,8-12,15-16H2,(H,35,41)(H,36,38)(H,39,40)/t17?,24-,29?,31-/m0/s1. The topological polar surface area (TPSA) is 108 Å². The molecule has 1 aliphatic carbocycles. The van der Waals surface area contributed by atoms with Crippen LogP contribution in [0.25, 0.3) is 0 Å². The first-order valence-electron chi connectivity index (χ1n) is 14.0. The van der Waals surface area contributed by atoms with Crippen LogP contribution in [0.4, 0.5) is 5.69 Å². The van der Waals surface area contributed by atoms with Gasteiger partial charge in [-0.05, 0) is 95.7 Å². The Kier molecular flexibility index (Phi) is 8.30. The molecule has 2 aromatic carbocycles. The number of carbonyl (C=O) groups excluding carboxylic acids is 2. The van der Waals surface area contributed by atoms with Gasteiger partial charge in [-0.15, -0.1) is 0 Å². The fourth-order valence-electron chi connectivity index (χ4n) is 7.05. The van der Waals surface area contributed by atoms with E-state index in [9.17, 15) is 14.4 Å². The van der Waals surface area contributed by atoms with Gasteiger partial charge in [0.1, 0.15) is 17.3 Å². The van der Waals surface area contributed by atoms with Crippen molar-refractivity contribution in [3.8, 4) is 5.75 Å². The Morgan fingerprint density at radius 1 is 1.12 bits per heavy atom. The fraction of sp³-hybridized carbons (Fsp3) is 0.387. The Hall–Kier alpha value is -2.60. The summed E-state index contributed by atoms with van der Waals surface area (Å²) in [6, 6.07) is 10.5. The lowest BCUT2D eigenvalue weighted by Gasteiger charge is -2.49. The molecule has 0 bridgehead atoms. The lowest BCUT2D eigenvalue weighted by atomic mass is 9.57. The average molecular weight is 722 g/mol. The van der Waals surface area contributed by atoms with Crippen molar-refractivity contribution in [1.29, 1.82) is 0 Å². The van der Waals surface area contributed by atoms with E-state index in [4.69, 9.17) is 33.0 Å². The zero-order valence-electron chi connectivity index (χ0n) is 22.6. The number of nitrogens with one attached hydrogen (secondary N) is 2. The van der Waals surface area contributed by atoms with E-state index < -0.39 is 17.4 Å². The summed E-state index contributed by atoms with van der Waals surface area (Å²) in [6.07, 6.45) is 7.70. The number of nitrogens with zero attached hydrogens (tertiary/aromatic N) is 1. The molecule has 2 unspecified atom stereocenters. The van der Waals surface area contributed by atoms with E-state index in [1.54, 1.807) is 12.1 Å². The first kappa shape index (κ1) is 29.5. The third-order valence-corrected chi connectivity index (χ3v) is 10.0. The van der Waals surface area contributed by atoms with Crippen LogP contribution in [0.1, 0.15) is 42.9 Å².